The van der Waals surface area contributed by atoms with Gasteiger partial charge in [-0.3, -0.25) is 4.79 Å². The van der Waals surface area contributed by atoms with Crippen molar-refractivity contribution in [3.05, 3.63) is 0 Å². The molecule has 3 aliphatic rings. The highest BCUT2D eigenvalue weighted by molar-refractivity contribution is 5.90. The zero-order valence-corrected chi connectivity index (χ0v) is 12.7. The molecule has 118 valence electrons. The number of amides is 3. The Morgan fingerprint density at radius 2 is 2.00 bits per heavy atom. The van der Waals surface area contributed by atoms with Crippen LogP contribution < -0.4 is 10.6 Å². The number of ether oxygens (including phenoxy) is 1. The van der Waals surface area contributed by atoms with Gasteiger partial charge in [0.1, 0.15) is 6.04 Å². The Morgan fingerprint density at radius 1 is 1.33 bits per heavy atom. The van der Waals surface area contributed by atoms with Crippen LogP contribution in [-0.2, 0) is 9.53 Å². The highest BCUT2D eigenvalue weighted by Crippen LogP contribution is 2.37. The minimum Gasteiger partial charge on any atom is -0.381 e. The second-order valence-corrected chi connectivity index (χ2v) is 6.62. The summed E-state index contributed by atoms with van der Waals surface area (Å²) in [6.07, 6.45) is 6.16. The van der Waals surface area contributed by atoms with Crippen molar-refractivity contribution >= 4 is 11.9 Å². The predicted octanol–water partition coefficient (Wildman–Crippen LogP) is 0.866. The standard InChI is InChI=1S/C15H25N3O3/c1-18(11-4-2-3-5-11)14(20)17-12-13(19)16-10-15(12)6-8-21-9-7-15/h11-12H,2-10H2,1H3,(H,16,19)(H,17,20). The minimum atomic E-state index is -0.419. The largest absolute Gasteiger partial charge is 0.381 e. The Kier molecular flexibility index (Phi) is 4.06. The van der Waals surface area contributed by atoms with Gasteiger partial charge in [0, 0.05) is 38.3 Å². The second kappa shape index (κ2) is 5.83. The van der Waals surface area contributed by atoms with Crippen molar-refractivity contribution in [2.24, 2.45) is 5.41 Å². The summed E-state index contributed by atoms with van der Waals surface area (Å²) in [6, 6.07) is -0.215. The van der Waals surface area contributed by atoms with Crippen molar-refractivity contribution in [1.82, 2.24) is 15.5 Å². The number of nitrogens with one attached hydrogen (secondary N) is 2. The van der Waals surface area contributed by atoms with E-state index in [1.54, 1.807) is 4.90 Å². The number of carbonyl (C=O) groups is 2. The van der Waals surface area contributed by atoms with Gasteiger partial charge >= 0.3 is 6.03 Å². The molecular weight excluding hydrogens is 270 g/mol. The zero-order valence-electron chi connectivity index (χ0n) is 12.7. The molecule has 3 fully saturated rings. The van der Waals surface area contributed by atoms with Gasteiger partial charge < -0.3 is 20.3 Å². The molecule has 0 bridgehead atoms. The SMILES string of the molecule is CN(C(=O)NC1C(=O)NCC12CCOCC2)C1CCCC1. The monoisotopic (exact) mass is 295 g/mol. The highest BCUT2D eigenvalue weighted by atomic mass is 16.5. The van der Waals surface area contributed by atoms with Crippen molar-refractivity contribution in [2.45, 2.75) is 50.6 Å². The molecule has 2 N–H and O–H groups in total. The molecule has 6 heteroatoms. The molecule has 1 spiro atoms. The average Bonchev–Trinajstić information content (AvgIpc) is 3.12. The van der Waals surface area contributed by atoms with E-state index in [2.05, 4.69) is 10.6 Å². The van der Waals surface area contributed by atoms with E-state index in [0.29, 0.717) is 25.8 Å². The predicted molar refractivity (Wildman–Crippen MR) is 77.8 cm³/mol. The molecule has 3 rings (SSSR count). The van der Waals surface area contributed by atoms with E-state index in [1.165, 1.54) is 12.8 Å². The molecule has 2 aliphatic heterocycles. The van der Waals surface area contributed by atoms with Gasteiger partial charge in [-0.25, -0.2) is 4.79 Å². The number of carbonyl (C=O) groups excluding carboxylic acids is 2. The normalized spacial score (nSPS) is 28.6. The van der Waals surface area contributed by atoms with Crippen molar-refractivity contribution < 1.29 is 14.3 Å². The van der Waals surface area contributed by atoms with Gasteiger partial charge in [0.05, 0.1) is 0 Å². The number of rotatable bonds is 2. The van der Waals surface area contributed by atoms with E-state index >= 15 is 0 Å². The van der Waals surface area contributed by atoms with Crippen LogP contribution in [-0.4, -0.2) is 55.7 Å². The third-order valence-electron chi connectivity index (χ3n) is 5.44. The molecule has 0 radical (unpaired) electrons. The third-order valence-corrected chi connectivity index (χ3v) is 5.44. The number of hydrogen-bond acceptors (Lipinski definition) is 3. The molecule has 6 nitrogen and oxygen atoms in total. The maximum Gasteiger partial charge on any atom is 0.318 e. The van der Waals surface area contributed by atoms with Crippen molar-refractivity contribution in [3.8, 4) is 0 Å². The molecule has 1 aliphatic carbocycles. The summed E-state index contributed by atoms with van der Waals surface area (Å²) in [6.45, 7) is 1.98. The molecule has 1 saturated carbocycles. The highest BCUT2D eigenvalue weighted by Gasteiger charge is 2.50. The smallest absolute Gasteiger partial charge is 0.318 e. The van der Waals surface area contributed by atoms with Crippen LogP contribution in [0.3, 0.4) is 0 Å². The van der Waals surface area contributed by atoms with Gasteiger partial charge in [0.25, 0.3) is 0 Å². The van der Waals surface area contributed by atoms with Crippen LogP contribution in [0.15, 0.2) is 0 Å². The lowest BCUT2D eigenvalue weighted by Gasteiger charge is -2.37. The minimum absolute atomic E-state index is 0.0509. The molecule has 2 heterocycles. The molecule has 21 heavy (non-hydrogen) atoms. The summed E-state index contributed by atoms with van der Waals surface area (Å²) in [5.41, 5.74) is -0.165. The van der Waals surface area contributed by atoms with E-state index in [9.17, 15) is 9.59 Å². The first kappa shape index (κ1) is 14.6. The Balaban J connectivity index is 1.66. The first-order valence-corrected chi connectivity index (χ1v) is 8.01. The maximum atomic E-state index is 12.5. The first-order chi connectivity index (χ1) is 10.1. The fourth-order valence-corrected chi connectivity index (χ4v) is 3.89. The number of hydrogen-bond donors (Lipinski definition) is 2. The quantitative estimate of drug-likeness (QED) is 0.794. The van der Waals surface area contributed by atoms with Gasteiger partial charge in [0.2, 0.25) is 5.91 Å². The molecule has 0 aromatic rings. The average molecular weight is 295 g/mol. The molecule has 0 aromatic heterocycles. The summed E-state index contributed by atoms with van der Waals surface area (Å²) < 4.78 is 5.41. The van der Waals surface area contributed by atoms with Crippen LogP contribution in [0.1, 0.15) is 38.5 Å². The van der Waals surface area contributed by atoms with Crippen LogP contribution in [0.4, 0.5) is 4.79 Å². The van der Waals surface area contributed by atoms with Crippen molar-refractivity contribution in [2.75, 3.05) is 26.8 Å². The van der Waals surface area contributed by atoms with E-state index in [-0.39, 0.29) is 17.4 Å². The van der Waals surface area contributed by atoms with Gasteiger partial charge in [-0.1, -0.05) is 12.8 Å². The van der Waals surface area contributed by atoms with E-state index in [1.807, 2.05) is 7.05 Å². The fraction of sp³-hybridized carbons (Fsp3) is 0.867. The van der Waals surface area contributed by atoms with E-state index in [4.69, 9.17) is 4.74 Å². The third kappa shape index (κ3) is 2.73. The maximum absolute atomic E-state index is 12.5. The second-order valence-electron chi connectivity index (χ2n) is 6.62. The summed E-state index contributed by atoms with van der Waals surface area (Å²) in [7, 11) is 1.84. The lowest BCUT2D eigenvalue weighted by molar-refractivity contribution is -0.122. The lowest BCUT2D eigenvalue weighted by Crippen LogP contribution is -2.55. The van der Waals surface area contributed by atoms with Crippen LogP contribution in [0.5, 0.6) is 0 Å². The van der Waals surface area contributed by atoms with Crippen LogP contribution in [0.25, 0.3) is 0 Å². The van der Waals surface area contributed by atoms with Crippen molar-refractivity contribution in [1.29, 1.82) is 0 Å². The molecule has 1 atom stereocenters. The lowest BCUT2D eigenvalue weighted by atomic mass is 9.76. The summed E-state index contributed by atoms with van der Waals surface area (Å²) in [5.74, 6) is -0.0509. The summed E-state index contributed by atoms with van der Waals surface area (Å²) >= 11 is 0. The molecule has 1 unspecified atom stereocenters. The Hall–Kier alpha value is -1.30. The van der Waals surface area contributed by atoms with Gasteiger partial charge in [-0.15, -0.1) is 0 Å². The number of urea groups is 1. The molecule has 3 amide bonds. The van der Waals surface area contributed by atoms with Gasteiger partial charge in [-0.2, -0.15) is 0 Å². The molecule has 2 saturated heterocycles. The summed E-state index contributed by atoms with van der Waals surface area (Å²) in [4.78, 5) is 26.4. The van der Waals surface area contributed by atoms with Crippen LogP contribution >= 0.6 is 0 Å². The Morgan fingerprint density at radius 3 is 2.67 bits per heavy atom. The molecular formula is C15H25N3O3. The van der Waals surface area contributed by atoms with Crippen LogP contribution in [0, 0.1) is 5.41 Å². The van der Waals surface area contributed by atoms with E-state index < -0.39 is 6.04 Å². The first-order valence-electron chi connectivity index (χ1n) is 8.01. The van der Waals surface area contributed by atoms with Gasteiger partial charge in [0.15, 0.2) is 0 Å². The Bertz CT molecular complexity index is 414. The van der Waals surface area contributed by atoms with Crippen molar-refractivity contribution in [3.63, 3.8) is 0 Å². The summed E-state index contributed by atoms with van der Waals surface area (Å²) in [5, 5.41) is 5.90. The number of nitrogens with zero attached hydrogens (tertiary/aromatic N) is 1. The Labute approximate surface area is 125 Å². The topological polar surface area (TPSA) is 70.7 Å². The van der Waals surface area contributed by atoms with Gasteiger partial charge in [-0.05, 0) is 25.7 Å². The fourth-order valence-electron chi connectivity index (χ4n) is 3.89. The van der Waals surface area contributed by atoms with Crippen LogP contribution in [0.2, 0.25) is 0 Å². The zero-order chi connectivity index (χ0) is 14.9. The molecule has 0 aromatic carbocycles. The van der Waals surface area contributed by atoms with E-state index in [0.717, 1.165) is 25.7 Å².